The number of aryl methyl sites for hydroxylation is 1. The number of para-hydroxylation sites is 1. The Hall–Kier alpha value is -6.82. The van der Waals surface area contributed by atoms with Crippen molar-refractivity contribution in [1.82, 2.24) is 0 Å². The molecule has 5 aliphatic rings. The molecular formula is C74H73BN2OS. The van der Waals surface area contributed by atoms with Crippen LogP contribution >= 0.6 is 11.3 Å². The smallest absolute Gasteiger partial charge is 0.343 e. The molecule has 3 aliphatic carbocycles. The maximum Gasteiger partial charge on any atom is 0.343 e. The summed E-state index contributed by atoms with van der Waals surface area (Å²) in [4.78, 5) is 5.49. The Kier molecular flexibility index (Phi) is 9.95. The van der Waals surface area contributed by atoms with Crippen molar-refractivity contribution in [1.29, 1.82) is 0 Å². The lowest BCUT2D eigenvalue weighted by atomic mass is 9.46. The van der Waals surface area contributed by atoms with Gasteiger partial charge in [0, 0.05) is 64.9 Å². The molecule has 2 aromatic heterocycles. The van der Waals surface area contributed by atoms with Gasteiger partial charge in [-0.2, -0.15) is 0 Å². The van der Waals surface area contributed by atoms with Crippen LogP contribution in [0.1, 0.15) is 160 Å². The molecule has 0 radical (unpaired) electrons. The van der Waals surface area contributed by atoms with Crippen LogP contribution in [0.4, 0.5) is 28.4 Å². The molecule has 0 N–H and O–H groups in total. The molecule has 0 saturated heterocycles. The fraction of sp³-hybridized carbons (Fsp3) is 0.324. The van der Waals surface area contributed by atoms with Crippen LogP contribution in [0.25, 0.3) is 65.4 Å². The lowest BCUT2D eigenvalue weighted by Crippen LogP contribution is -2.60. The van der Waals surface area contributed by atoms with E-state index in [1.807, 2.05) is 11.3 Å². The van der Waals surface area contributed by atoms with Gasteiger partial charge in [0.15, 0.2) is 0 Å². The Balaban J connectivity index is 1.11. The van der Waals surface area contributed by atoms with E-state index in [1.165, 1.54) is 146 Å². The Labute approximate surface area is 472 Å². The van der Waals surface area contributed by atoms with E-state index in [0.29, 0.717) is 0 Å². The van der Waals surface area contributed by atoms with Gasteiger partial charge in [-0.1, -0.05) is 169 Å². The minimum absolute atomic E-state index is 0.000878. The van der Waals surface area contributed by atoms with Crippen molar-refractivity contribution in [2.75, 3.05) is 9.71 Å². The average Bonchev–Trinajstić information content (AvgIpc) is 3.25. The predicted molar refractivity (Wildman–Crippen MR) is 340 cm³/mol. The molecule has 0 amide bonds. The van der Waals surface area contributed by atoms with Gasteiger partial charge in [-0.3, -0.25) is 0 Å². The molecule has 10 aromatic rings. The van der Waals surface area contributed by atoms with Crippen molar-refractivity contribution in [3.05, 3.63) is 184 Å². The SMILES string of the molecule is Cc1cc2c(cc1N1c3cc4c(oc5ccccc54)c4c3B(c3sc5ccc(-c6ccccc6)cc5c31)N(c1ccc(C(C)(C)C)cc1)c1cc3c(cc1-4)-c1cc4c(cc1C3(C)C)C(C)(C)CCC4(C)C)C(C)(C)CCC2(C)C. The Morgan fingerprint density at radius 1 is 0.506 bits per heavy atom. The molecular weight excluding hydrogens is 976 g/mol. The summed E-state index contributed by atoms with van der Waals surface area (Å²) in [6.07, 6.45) is 4.69. The van der Waals surface area contributed by atoms with Crippen molar-refractivity contribution in [3.63, 3.8) is 0 Å². The first-order chi connectivity index (χ1) is 37.4. The number of anilines is 5. The van der Waals surface area contributed by atoms with Gasteiger partial charge in [-0.15, -0.1) is 11.3 Å². The van der Waals surface area contributed by atoms with Crippen LogP contribution in [-0.2, 0) is 32.5 Å². The van der Waals surface area contributed by atoms with Gasteiger partial charge < -0.3 is 14.1 Å². The second kappa shape index (κ2) is 16.0. The summed E-state index contributed by atoms with van der Waals surface area (Å²) in [5.41, 5.74) is 28.6. The third-order valence-corrected chi connectivity index (χ3v) is 21.7. The van der Waals surface area contributed by atoms with Gasteiger partial charge in [0.2, 0.25) is 0 Å². The van der Waals surface area contributed by atoms with Crippen LogP contribution in [0.15, 0.2) is 144 Å². The third kappa shape index (κ3) is 6.84. The normalized spacial score (nSPS) is 18.5. The molecule has 8 aromatic carbocycles. The monoisotopic (exact) mass is 1050 g/mol. The number of fused-ring (bicyclic) bond motifs is 15. The average molecular weight is 1050 g/mol. The van der Waals surface area contributed by atoms with Gasteiger partial charge in [0.05, 0.1) is 5.69 Å². The Bertz CT molecular complexity index is 4290. The van der Waals surface area contributed by atoms with Crippen LogP contribution in [0, 0.1) is 6.92 Å². The van der Waals surface area contributed by atoms with E-state index in [-0.39, 0.29) is 39.3 Å². The zero-order chi connectivity index (χ0) is 54.8. The summed E-state index contributed by atoms with van der Waals surface area (Å²) in [5.74, 6) is 0. The summed E-state index contributed by atoms with van der Waals surface area (Å²) < 4.78 is 10.0. The lowest BCUT2D eigenvalue weighted by Gasteiger charge is -2.46. The molecule has 0 atom stereocenters. The molecule has 79 heavy (non-hydrogen) atoms. The zero-order valence-electron chi connectivity index (χ0n) is 48.9. The maximum atomic E-state index is 7.40. The molecule has 3 nitrogen and oxygen atoms in total. The number of rotatable bonds is 3. The highest BCUT2D eigenvalue weighted by atomic mass is 32.1. The number of nitrogens with zero attached hydrogens (tertiary/aromatic N) is 2. The van der Waals surface area contributed by atoms with Crippen LogP contribution in [0.5, 0.6) is 0 Å². The minimum Gasteiger partial charge on any atom is -0.455 e. The Morgan fingerprint density at radius 3 is 1.78 bits per heavy atom. The van der Waals surface area contributed by atoms with Gasteiger partial charge in [0.1, 0.15) is 11.2 Å². The minimum atomic E-state index is -0.239. The fourth-order valence-electron chi connectivity index (χ4n) is 15.4. The maximum absolute atomic E-state index is 7.40. The molecule has 2 aliphatic heterocycles. The lowest BCUT2D eigenvalue weighted by molar-refractivity contribution is 0.331. The number of thiophene rings is 1. The van der Waals surface area contributed by atoms with Crippen LogP contribution in [0.3, 0.4) is 0 Å². The van der Waals surface area contributed by atoms with Gasteiger partial charge in [-0.25, -0.2) is 0 Å². The predicted octanol–water partition coefficient (Wildman–Crippen LogP) is 19.8. The molecule has 0 spiro atoms. The van der Waals surface area contributed by atoms with Crippen LogP contribution < -0.4 is 20.0 Å². The first kappa shape index (κ1) is 49.2. The summed E-state index contributed by atoms with van der Waals surface area (Å²) in [6, 6.07) is 54.9. The first-order valence-corrected chi connectivity index (χ1v) is 30.1. The van der Waals surface area contributed by atoms with Crippen LogP contribution in [0.2, 0.25) is 0 Å². The van der Waals surface area contributed by atoms with E-state index in [1.54, 1.807) is 0 Å². The van der Waals surface area contributed by atoms with Crippen molar-refractivity contribution >= 4 is 88.9 Å². The molecule has 0 saturated carbocycles. The third-order valence-electron chi connectivity index (χ3n) is 20.4. The van der Waals surface area contributed by atoms with E-state index in [4.69, 9.17) is 4.42 Å². The fourth-order valence-corrected chi connectivity index (χ4v) is 16.7. The summed E-state index contributed by atoms with van der Waals surface area (Å²) in [5, 5.41) is 3.60. The van der Waals surface area contributed by atoms with Crippen molar-refractivity contribution in [2.24, 2.45) is 0 Å². The first-order valence-electron chi connectivity index (χ1n) is 29.3. The van der Waals surface area contributed by atoms with Crippen molar-refractivity contribution in [2.45, 2.75) is 155 Å². The quantitative estimate of drug-likeness (QED) is 0.164. The molecule has 0 bridgehead atoms. The molecule has 4 heterocycles. The number of hydrogen-bond donors (Lipinski definition) is 0. The van der Waals surface area contributed by atoms with Crippen LogP contribution in [-0.4, -0.2) is 6.85 Å². The molecule has 5 heteroatoms. The second-order valence-electron chi connectivity index (χ2n) is 28.7. The highest BCUT2D eigenvalue weighted by Gasteiger charge is 2.51. The molecule has 394 valence electrons. The summed E-state index contributed by atoms with van der Waals surface area (Å²) in [6.45, 7) is 33.9. The summed E-state index contributed by atoms with van der Waals surface area (Å²) in [7, 11) is 0. The van der Waals surface area contributed by atoms with E-state index < -0.39 is 0 Å². The number of benzene rings is 8. The highest BCUT2D eigenvalue weighted by Crippen LogP contribution is 2.60. The van der Waals surface area contributed by atoms with E-state index in [9.17, 15) is 0 Å². The molecule has 0 fully saturated rings. The second-order valence-corrected chi connectivity index (χ2v) is 29.7. The van der Waals surface area contributed by atoms with Gasteiger partial charge >= 0.3 is 6.85 Å². The largest absolute Gasteiger partial charge is 0.455 e. The molecule has 15 rings (SSSR count). The van der Waals surface area contributed by atoms with Gasteiger partial charge in [-0.05, 0) is 193 Å². The zero-order valence-corrected chi connectivity index (χ0v) is 49.7. The standard InChI is InChI=1S/C74H73BN2OS/c1-42-34-55-58(73(11,12)33-30-70(55,5)6)41-59(42)76-61-38-50-47-22-18-19-23-62(47)78-67(50)64-51-36-48-49-37-56-57(72(9,10)32-31-71(56,7)8)39-53(49)74(13,14)54(48)40-60(51)77(46-27-25-45(26-28-46)69(2,3)4)75(65(61)64)68-66(76)52-35-44(24-29-63(52)79-68)43-20-16-15-17-21-43/h15-29,34-41H,30-33H2,1-14H3. The van der Waals surface area contributed by atoms with Crippen molar-refractivity contribution in [3.8, 4) is 33.4 Å². The number of furan rings is 1. The highest BCUT2D eigenvalue weighted by molar-refractivity contribution is 7.32. The van der Waals surface area contributed by atoms with E-state index >= 15 is 0 Å². The van der Waals surface area contributed by atoms with Gasteiger partial charge in [0.25, 0.3) is 0 Å². The molecule has 0 unspecified atom stereocenters. The Morgan fingerprint density at radius 2 is 1.10 bits per heavy atom. The van der Waals surface area contributed by atoms with Crippen molar-refractivity contribution < 1.29 is 4.42 Å². The van der Waals surface area contributed by atoms with E-state index in [2.05, 4.69) is 246 Å². The topological polar surface area (TPSA) is 19.6 Å². The summed E-state index contributed by atoms with van der Waals surface area (Å²) >= 11 is 1.98. The number of hydrogen-bond acceptors (Lipinski definition) is 4. The van der Waals surface area contributed by atoms with E-state index in [0.717, 1.165) is 28.4 Å².